The van der Waals surface area contributed by atoms with E-state index in [9.17, 15) is 14.4 Å². The van der Waals surface area contributed by atoms with Gasteiger partial charge in [-0.2, -0.15) is 0 Å². The molecule has 8 nitrogen and oxygen atoms in total. The molecule has 0 radical (unpaired) electrons. The van der Waals surface area contributed by atoms with Crippen molar-refractivity contribution >= 4 is 41.0 Å². The van der Waals surface area contributed by atoms with E-state index in [2.05, 4.69) is 0 Å². The van der Waals surface area contributed by atoms with Gasteiger partial charge < -0.3 is 24.0 Å². The van der Waals surface area contributed by atoms with Crippen LogP contribution in [0.5, 0.6) is 11.5 Å². The number of halogens is 2. The third-order valence-corrected chi connectivity index (χ3v) is 8.45. The average molecular weight is 640 g/mol. The second-order valence-electron chi connectivity index (χ2n) is 10.5. The van der Waals surface area contributed by atoms with Crippen LogP contribution in [0.3, 0.4) is 0 Å². The van der Waals surface area contributed by atoms with E-state index in [1.54, 1.807) is 81.3 Å². The molecular formula is C34H36Cl2N2O6. The summed E-state index contributed by atoms with van der Waals surface area (Å²) in [5, 5.41) is 0.730. The highest BCUT2D eigenvalue weighted by Gasteiger charge is 2.37. The summed E-state index contributed by atoms with van der Waals surface area (Å²) >= 11 is 12.4. The zero-order chi connectivity index (χ0) is 32.0. The third kappa shape index (κ3) is 7.37. The maximum absolute atomic E-state index is 13.5. The van der Waals surface area contributed by atoms with E-state index in [0.717, 1.165) is 11.1 Å². The molecule has 3 aromatic carbocycles. The topological polar surface area (TPSA) is 85.4 Å². The van der Waals surface area contributed by atoms with Crippen molar-refractivity contribution in [2.24, 2.45) is 0 Å². The van der Waals surface area contributed by atoms with Crippen molar-refractivity contribution in [3.8, 4) is 11.5 Å². The van der Waals surface area contributed by atoms with E-state index in [1.807, 2.05) is 24.3 Å². The fraction of sp³-hybridized carbons (Fsp3) is 0.324. The van der Waals surface area contributed by atoms with Crippen LogP contribution >= 0.6 is 23.2 Å². The van der Waals surface area contributed by atoms with Gasteiger partial charge in [0.25, 0.3) is 5.91 Å². The first-order chi connectivity index (χ1) is 21.1. The number of methoxy groups -OCH3 is 2. The van der Waals surface area contributed by atoms with Crippen molar-refractivity contribution in [3.63, 3.8) is 0 Å². The first-order valence-electron chi connectivity index (χ1n) is 14.3. The summed E-state index contributed by atoms with van der Waals surface area (Å²) in [5.74, 6) is -0.0306. The first kappa shape index (κ1) is 32.9. The van der Waals surface area contributed by atoms with Crippen LogP contribution in [0.25, 0.3) is 0 Å². The van der Waals surface area contributed by atoms with Crippen molar-refractivity contribution in [3.05, 3.63) is 104 Å². The molecule has 0 aromatic heterocycles. The number of nitrogens with zero attached hydrogens (tertiary/aromatic N) is 2. The molecule has 0 fully saturated rings. The second-order valence-corrected chi connectivity index (χ2v) is 11.3. The second kappa shape index (κ2) is 14.6. The maximum Gasteiger partial charge on any atom is 0.336 e. The summed E-state index contributed by atoms with van der Waals surface area (Å²) in [6, 6.07) is 18.0. The molecule has 232 valence electrons. The number of benzene rings is 3. The van der Waals surface area contributed by atoms with E-state index in [0.29, 0.717) is 56.9 Å². The molecule has 1 aliphatic heterocycles. The Balaban J connectivity index is 1.53. The van der Waals surface area contributed by atoms with Crippen LogP contribution in [-0.4, -0.2) is 62.0 Å². The average Bonchev–Trinajstić information content (AvgIpc) is 3.02. The Bertz CT molecular complexity index is 1590. The summed E-state index contributed by atoms with van der Waals surface area (Å²) in [7, 11) is 4.93. The van der Waals surface area contributed by atoms with E-state index >= 15 is 0 Å². The summed E-state index contributed by atoms with van der Waals surface area (Å²) in [4.78, 5) is 43.2. The summed E-state index contributed by atoms with van der Waals surface area (Å²) < 4.78 is 16.1. The zero-order valence-corrected chi connectivity index (χ0v) is 27.0. The minimum absolute atomic E-state index is 0.0565. The monoisotopic (exact) mass is 638 g/mol. The number of hydrogen-bond donors (Lipinski definition) is 0. The molecule has 10 heteroatoms. The number of carbonyl (C=O) groups is 3. The van der Waals surface area contributed by atoms with Gasteiger partial charge in [0.15, 0.2) is 11.5 Å². The number of likely N-dealkylation sites (N-methyl/N-ethyl adjacent to an activating group) is 1. The van der Waals surface area contributed by atoms with Crippen molar-refractivity contribution in [2.45, 2.75) is 39.2 Å². The van der Waals surface area contributed by atoms with Gasteiger partial charge in [0.1, 0.15) is 0 Å². The third-order valence-electron chi connectivity index (χ3n) is 7.71. The summed E-state index contributed by atoms with van der Waals surface area (Å²) in [6.45, 7) is 4.36. The van der Waals surface area contributed by atoms with E-state index in [1.165, 1.54) is 0 Å². The van der Waals surface area contributed by atoms with Gasteiger partial charge in [0.05, 0.1) is 43.0 Å². The van der Waals surface area contributed by atoms with Crippen LogP contribution in [0.4, 0.5) is 0 Å². The quantitative estimate of drug-likeness (QED) is 0.218. The SMILES string of the molecule is CCOC(=O)C1=C(C)N(Cc2cccc(C(=O)N(C)CCc3ccc(OC)c(OC)c3)c2)C(=O)CC1c1ccc(Cl)c(Cl)c1. The largest absolute Gasteiger partial charge is 0.493 e. The molecule has 0 bridgehead atoms. The van der Waals surface area contributed by atoms with Crippen LogP contribution in [0.1, 0.15) is 53.2 Å². The summed E-state index contributed by atoms with van der Waals surface area (Å²) in [6.07, 6.45) is 0.687. The molecule has 1 heterocycles. The van der Waals surface area contributed by atoms with Crippen LogP contribution in [-0.2, 0) is 27.3 Å². The molecule has 3 aromatic rings. The van der Waals surface area contributed by atoms with Gasteiger partial charge in [0, 0.05) is 37.2 Å². The number of amides is 2. The molecule has 0 saturated heterocycles. The van der Waals surface area contributed by atoms with E-state index in [-0.39, 0.29) is 31.4 Å². The van der Waals surface area contributed by atoms with Gasteiger partial charge in [-0.3, -0.25) is 9.59 Å². The van der Waals surface area contributed by atoms with Gasteiger partial charge in [-0.1, -0.05) is 47.5 Å². The minimum Gasteiger partial charge on any atom is -0.493 e. The fourth-order valence-corrected chi connectivity index (χ4v) is 5.64. The van der Waals surface area contributed by atoms with Crippen molar-refractivity contribution in [1.82, 2.24) is 9.80 Å². The number of allylic oxidation sites excluding steroid dienone is 1. The number of hydrogen-bond acceptors (Lipinski definition) is 6. The normalized spacial score (nSPS) is 14.8. The maximum atomic E-state index is 13.5. The Morgan fingerprint density at radius 1 is 0.955 bits per heavy atom. The molecular weight excluding hydrogens is 603 g/mol. The highest BCUT2D eigenvalue weighted by molar-refractivity contribution is 6.42. The fourth-order valence-electron chi connectivity index (χ4n) is 5.33. The molecule has 0 N–H and O–H groups in total. The van der Waals surface area contributed by atoms with Crippen molar-refractivity contribution < 1.29 is 28.6 Å². The van der Waals surface area contributed by atoms with Crippen LogP contribution in [0.2, 0.25) is 10.0 Å². The Labute approximate surface area is 268 Å². The predicted molar refractivity (Wildman–Crippen MR) is 170 cm³/mol. The minimum atomic E-state index is -0.528. The Morgan fingerprint density at radius 3 is 2.39 bits per heavy atom. The molecule has 1 aliphatic rings. The smallest absolute Gasteiger partial charge is 0.336 e. The molecule has 1 atom stereocenters. The van der Waals surface area contributed by atoms with Crippen LogP contribution in [0, 0.1) is 0 Å². The van der Waals surface area contributed by atoms with Gasteiger partial charge in [-0.05, 0) is 73.4 Å². The van der Waals surface area contributed by atoms with Gasteiger partial charge >= 0.3 is 5.97 Å². The molecule has 4 rings (SSSR count). The van der Waals surface area contributed by atoms with Crippen molar-refractivity contribution in [2.75, 3.05) is 34.4 Å². The standard InChI is InChI=1S/C34H36Cl2N2O6/c1-6-44-34(41)32-21(2)38(31(39)19-26(32)24-11-12-27(35)28(36)18-24)20-23-8-7-9-25(16-23)33(40)37(3)15-14-22-10-13-29(42-4)30(17-22)43-5/h7-13,16-18,26H,6,14-15,19-20H2,1-5H3. The van der Waals surface area contributed by atoms with Gasteiger partial charge in [0.2, 0.25) is 5.91 Å². The number of esters is 1. The lowest BCUT2D eigenvalue weighted by molar-refractivity contribution is -0.140. The van der Waals surface area contributed by atoms with E-state index < -0.39 is 11.9 Å². The van der Waals surface area contributed by atoms with Crippen LogP contribution in [0.15, 0.2) is 71.9 Å². The lowest BCUT2D eigenvalue weighted by Gasteiger charge is -2.34. The Hall–Kier alpha value is -4.01. The Kier molecular flexibility index (Phi) is 10.9. The zero-order valence-electron chi connectivity index (χ0n) is 25.5. The molecule has 0 spiro atoms. The molecule has 2 amide bonds. The number of carbonyl (C=O) groups excluding carboxylic acids is 3. The van der Waals surface area contributed by atoms with Gasteiger partial charge in [-0.15, -0.1) is 0 Å². The van der Waals surface area contributed by atoms with Crippen LogP contribution < -0.4 is 9.47 Å². The highest BCUT2D eigenvalue weighted by atomic mass is 35.5. The Morgan fingerprint density at radius 2 is 1.70 bits per heavy atom. The van der Waals surface area contributed by atoms with E-state index in [4.69, 9.17) is 37.4 Å². The first-order valence-corrected chi connectivity index (χ1v) is 15.0. The predicted octanol–water partition coefficient (Wildman–Crippen LogP) is 6.68. The molecule has 44 heavy (non-hydrogen) atoms. The lowest BCUT2D eigenvalue weighted by atomic mass is 9.83. The number of ether oxygens (including phenoxy) is 3. The highest BCUT2D eigenvalue weighted by Crippen LogP contribution is 2.39. The number of rotatable bonds is 11. The lowest BCUT2D eigenvalue weighted by Crippen LogP contribution is -2.38. The molecule has 1 unspecified atom stereocenters. The summed E-state index contributed by atoms with van der Waals surface area (Å²) in [5.41, 5.74) is 3.87. The molecule has 0 aliphatic carbocycles. The van der Waals surface area contributed by atoms with Gasteiger partial charge in [-0.25, -0.2) is 4.79 Å². The molecule has 0 saturated carbocycles. The van der Waals surface area contributed by atoms with Crippen molar-refractivity contribution in [1.29, 1.82) is 0 Å².